The number of ether oxygens (including phenoxy) is 1. The molecule has 0 saturated heterocycles. The van der Waals surface area contributed by atoms with E-state index in [-0.39, 0.29) is 6.10 Å². The molecule has 0 saturated carbocycles. The van der Waals surface area contributed by atoms with Gasteiger partial charge in [0.2, 0.25) is 5.95 Å². The molecule has 31 heavy (non-hydrogen) atoms. The second-order valence-corrected chi connectivity index (χ2v) is 7.09. The Hall–Kier alpha value is -4.26. The molecule has 3 aromatic heterocycles. The van der Waals surface area contributed by atoms with E-state index in [1.165, 1.54) is 6.33 Å². The van der Waals surface area contributed by atoms with Gasteiger partial charge < -0.3 is 10.1 Å². The van der Waals surface area contributed by atoms with Gasteiger partial charge in [-0.15, -0.1) is 0 Å². The predicted octanol–water partition coefficient (Wildman–Crippen LogP) is 2.86. The number of nitrogens with zero attached hydrogens (tertiary/aromatic N) is 8. The number of hydrogen-bond donors (Lipinski definition) is 1. The zero-order valence-electron chi connectivity index (χ0n) is 17.4. The zero-order chi connectivity index (χ0) is 21.8. The summed E-state index contributed by atoms with van der Waals surface area (Å²) in [5, 5.41) is 21.0. The van der Waals surface area contributed by atoms with Gasteiger partial charge in [0.15, 0.2) is 0 Å². The minimum atomic E-state index is -0.199. The third-order valence-electron chi connectivity index (χ3n) is 4.59. The van der Waals surface area contributed by atoms with E-state index in [4.69, 9.17) is 4.74 Å². The minimum Gasteiger partial charge on any atom is -0.487 e. The number of rotatable bonds is 7. The van der Waals surface area contributed by atoms with Gasteiger partial charge in [-0.25, -0.2) is 19.6 Å². The second kappa shape index (κ2) is 8.62. The highest BCUT2D eigenvalue weighted by atomic mass is 16.5. The van der Waals surface area contributed by atoms with Gasteiger partial charge >= 0.3 is 0 Å². The summed E-state index contributed by atoms with van der Waals surface area (Å²) in [7, 11) is 1.86. The Morgan fingerprint density at radius 1 is 1.23 bits per heavy atom. The van der Waals surface area contributed by atoms with Gasteiger partial charge in [-0.3, -0.25) is 4.68 Å². The van der Waals surface area contributed by atoms with Crippen molar-refractivity contribution in [3.8, 4) is 22.9 Å². The molecular formula is C21H21N9O. The van der Waals surface area contributed by atoms with Gasteiger partial charge in [0.05, 0.1) is 23.5 Å². The highest BCUT2D eigenvalue weighted by molar-refractivity contribution is 5.67. The summed E-state index contributed by atoms with van der Waals surface area (Å²) in [4.78, 5) is 12.7. The van der Waals surface area contributed by atoms with Crippen LogP contribution >= 0.6 is 0 Å². The van der Waals surface area contributed by atoms with Crippen LogP contribution in [-0.2, 0) is 13.6 Å². The molecule has 0 aliphatic rings. The summed E-state index contributed by atoms with van der Waals surface area (Å²) in [6.45, 7) is 4.35. The second-order valence-electron chi connectivity index (χ2n) is 7.09. The molecular weight excluding hydrogens is 394 g/mol. The standard InChI is InChI=1S/C21H21N9O/c1-14(10-30-13-23-12-26-30)31-20-6-16(4-5-17(20)7-22)18-8-24-21(25-9-18)27-19-11-29(3)28-15(19)2/h4-6,8-9,11-14H,10H2,1-3H3,(H,24,25,27). The first kappa shape index (κ1) is 20.0. The van der Waals surface area contributed by atoms with Crippen molar-refractivity contribution in [3.05, 3.63) is 60.7 Å². The molecule has 156 valence electrons. The van der Waals surface area contributed by atoms with E-state index >= 15 is 0 Å². The number of nitrogens with one attached hydrogen (secondary N) is 1. The van der Waals surface area contributed by atoms with E-state index in [0.717, 1.165) is 22.5 Å². The lowest BCUT2D eigenvalue weighted by Crippen LogP contribution is -2.20. The third kappa shape index (κ3) is 4.67. The average Bonchev–Trinajstić information content (AvgIpc) is 3.37. The number of aryl methyl sites for hydroxylation is 2. The van der Waals surface area contributed by atoms with E-state index in [1.807, 2.05) is 39.2 Å². The lowest BCUT2D eigenvalue weighted by atomic mass is 10.1. The third-order valence-corrected chi connectivity index (χ3v) is 4.59. The lowest BCUT2D eigenvalue weighted by molar-refractivity contribution is 0.193. The highest BCUT2D eigenvalue weighted by Gasteiger charge is 2.12. The maximum absolute atomic E-state index is 9.45. The summed E-state index contributed by atoms with van der Waals surface area (Å²) in [6, 6.07) is 7.59. The van der Waals surface area contributed by atoms with E-state index in [0.29, 0.717) is 23.8 Å². The van der Waals surface area contributed by atoms with Gasteiger partial charge in [-0.1, -0.05) is 6.07 Å². The Morgan fingerprint density at radius 3 is 2.68 bits per heavy atom. The molecule has 0 aliphatic carbocycles. The Kier molecular flexibility index (Phi) is 5.57. The number of aromatic nitrogens is 7. The quantitative estimate of drug-likeness (QED) is 0.489. The number of anilines is 2. The van der Waals surface area contributed by atoms with Gasteiger partial charge in [-0.05, 0) is 31.5 Å². The van der Waals surface area contributed by atoms with E-state index in [2.05, 4.69) is 36.5 Å². The van der Waals surface area contributed by atoms with E-state index < -0.39 is 0 Å². The molecule has 3 heterocycles. The molecule has 1 unspecified atom stereocenters. The maximum atomic E-state index is 9.45. The first-order valence-electron chi connectivity index (χ1n) is 9.64. The molecule has 0 aliphatic heterocycles. The summed E-state index contributed by atoms with van der Waals surface area (Å²) in [5.41, 5.74) is 3.84. The average molecular weight is 415 g/mol. The Bertz CT molecular complexity index is 1210. The van der Waals surface area contributed by atoms with Crippen LogP contribution in [0.15, 0.2) is 49.4 Å². The molecule has 0 bridgehead atoms. The van der Waals surface area contributed by atoms with Crippen molar-refractivity contribution < 1.29 is 4.74 Å². The molecule has 10 heteroatoms. The largest absolute Gasteiger partial charge is 0.487 e. The first-order valence-corrected chi connectivity index (χ1v) is 9.64. The fraction of sp³-hybridized carbons (Fsp3) is 0.238. The van der Waals surface area contributed by atoms with Crippen LogP contribution < -0.4 is 10.1 Å². The van der Waals surface area contributed by atoms with Gasteiger partial charge in [0.25, 0.3) is 0 Å². The van der Waals surface area contributed by atoms with Gasteiger partial charge in [0.1, 0.15) is 30.6 Å². The molecule has 1 atom stereocenters. The normalized spacial score (nSPS) is 11.7. The molecule has 1 N–H and O–H groups in total. The fourth-order valence-electron chi connectivity index (χ4n) is 3.12. The molecule has 10 nitrogen and oxygen atoms in total. The van der Waals surface area contributed by atoms with Crippen molar-refractivity contribution in [2.24, 2.45) is 7.05 Å². The van der Waals surface area contributed by atoms with Crippen LogP contribution in [0.4, 0.5) is 11.6 Å². The number of benzene rings is 1. The molecule has 0 spiro atoms. The predicted molar refractivity (Wildman–Crippen MR) is 114 cm³/mol. The van der Waals surface area contributed by atoms with Crippen LogP contribution in [0.25, 0.3) is 11.1 Å². The van der Waals surface area contributed by atoms with Gasteiger partial charge in [0, 0.05) is 31.2 Å². The molecule has 0 fully saturated rings. The maximum Gasteiger partial charge on any atom is 0.227 e. The highest BCUT2D eigenvalue weighted by Crippen LogP contribution is 2.28. The zero-order valence-corrected chi connectivity index (χ0v) is 17.4. The Labute approximate surface area is 179 Å². The van der Waals surface area contributed by atoms with Crippen LogP contribution in [0.5, 0.6) is 5.75 Å². The summed E-state index contributed by atoms with van der Waals surface area (Å²) in [5.74, 6) is 0.979. The van der Waals surface area contributed by atoms with E-state index in [9.17, 15) is 5.26 Å². The van der Waals surface area contributed by atoms with Crippen molar-refractivity contribution in [2.45, 2.75) is 26.5 Å². The lowest BCUT2D eigenvalue weighted by Gasteiger charge is -2.16. The Balaban J connectivity index is 1.51. The minimum absolute atomic E-state index is 0.199. The van der Waals surface area contributed by atoms with Crippen LogP contribution in [0.3, 0.4) is 0 Å². The van der Waals surface area contributed by atoms with Crippen molar-refractivity contribution in [1.82, 2.24) is 34.5 Å². The smallest absolute Gasteiger partial charge is 0.227 e. The van der Waals surface area contributed by atoms with Crippen molar-refractivity contribution in [1.29, 1.82) is 5.26 Å². The number of hydrogen-bond acceptors (Lipinski definition) is 8. The molecule has 4 aromatic rings. The van der Waals surface area contributed by atoms with E-state index in [1.54, 1.807) is 34.2 Å². The van der Waals surface area contributed by atoms with Crippen molar-refractivity contribution in [2.75, 3.05) is 5.32 Å². The van der Waals surface area contributed by atoms with Crippen molar-refractivity contribution in [3.63, 3.8) is 0 Å². The summed E-state index contributed by atoms with van der Waals surface area (Å²) < 4.78 is 9.43. The first-order chi connectivity index (χ1) is 15.0. The summed E-state index contributed by atoms with van der Waals surface area (Å²) in [6.07, 6.45) is 8.23. The molecule has 4 rings (SSSR count). The van der Waals surface area contributed by atoms with Crippen LogP contribution in [-0.4, -0.2) is 40.6 Å². The SMILES string of the molecule is Cc1nn(C)cc1Nc1ncc(-c2ccc(C#N)c(OC(C)Cn3cncn3)c2)cn1. The Morgan fingerprint density at radius 2 is 2.03 bits per heavy atom. The molecule has 0 radical (unpaired) electrons. The van der Waals surface area contributed by atoms with Crippen molar-refractivity contribution >= 4 is 11.6 Å². The van der Waals surface area contributed by atoms with Gasteiger partial charge in [-0.2, -0.15) is 15.5 Å². The molecule has 0 amide bonds. The number of nitriles is 1. The van der Waals surface area contributed by atoms with Crippen LogP contribution in [0, 0.1) is 18.3 Å². The molecule has 1 aromatic carbocycles. The monoisotopic (exact) mass is 415 g/mol. The topological polar surface area (TPSA) is 119 Å². The van der Waals surface area contributed by atoms with Crippen LogP contribution in [0.1, 0.15) is 18.2 Å². The summed E-state index contributed by atoms with van der Waals surface area (Å²) >= 11 is 0. The van der Waals surface area contributed by atoms with Crippen LogP contribution in [0.2, 0.25) is 0 Å². The fourth-order valence-corrected chi connectivity index (χ4v) is 3.12.